The van der Waals surface area contributed by atoms with E-state index >= 15 is 0 Å². The number of phenolic OH excluding ortho intramolecular Hbond substituents is 1. The third-order valence-corrected chi connectivity index (χ3v) is 5.64. The summed E-state index contributed by atoms with van der Waals surface area (Å²) < 4.78 is 0. The quantitative estimate of drug-likeness (QED) is 0.246. The molecule has 0 aromatic heterocycles. The SMILES string of the molecule is CCCCCCCCCCCCCCCCCCC(=O)NC(=O)c1ccc(O)cc1. The van der Waals surface area contributed by atoms with Gasteiger partial charge in [-0.15, -0.1) is 0 Å². The molecule has 2 N–H and O–H groups in total. The van der Waals surface area contributed by atoms with Gasteiger partial charge >= 0.3 is 0 Å². The number of imide groups is 1. The molecule has 2 amide bonds. The Hall–Kier alpha value is -1.84. The van der Waals surface area contributed by atoms with Gasteiger partial charge in [0.15, 0.2) is 0 Å². The summed E-state index contributed by atoms with van der Waals surface area (Å²) in [5, 5.41) is 11.6. The highest BCUT2D eigenvalue weighted by molar-refractivity contribution is 6.04. The minimum atomic E-state index is -0.406. The molecule has 0 aliphatic heterocycles. The Kier molecular flexibility index (Phi) is 15.7. The number of aromatic hydroxyl groups is 1. The number of carbonyl (C=O) groups excluding carboxylic acids is 2. The number of unbranched alkanes of at least 4 members (excludes halogenated alkanes) is 15. The molecule has 0 atom stereocenters. The van der Waals surface area contributed by atoms with Crippen molar-refractivity contribution in [1.82, 2.24) is 5.32 Å². The molecule has 4 nitrogen and oxygen atoms in total. The highest BCUT2D eigenvalue weighted by Crippen LogP contribution is 2.14. The maximum Gasteiger partial charge on any atom is 0.257 e. The van der Waals surface area contributed by atoms with Crippen molar-refractivity contribution in [2.24, 2.45) is 0 Å². The van der Waals surface area contributed by atoms with Crippen molar-refractivity contribution in [2.45, 2.75) is 116 Å². The Morgan fingerprint density at radius 3 is 1.50 bits per heavy atom. The number of amides is 2. The lowest BCUT2D eigenvalue weighted by molar-refractivity contribution is -0.120. The fourth-order valence-corrected chi connectivity index (χ4v) is 3.71. The average Bonchev–Trinajstić information content (AvgIpc) is 2.74. The van der Waals surface area contributed by atoms with Crippen LogP contribution in [-0.2, 0) is 4.79 Å². The van der Waals surface area contributed by atoms with Crippen LogP contribution >= 0.6 is 0 Å². The zero-order valence-corrected chi connectivity index (χ0v) is 19.1. The van der Waals surface area contributed by atoms with Crippen LogP contribution in [0.25, 0.3) is 0 Å². The maximum absolute atomic E-state index is 11.9. The first-order valence-electron chi connectivity index (χ1n) is 12.3. The molecule has 1 aromatic carbocycles. The maximum atomic E-state index is 11.9. The second kappa shape index (κ2) is 18.0. The van der Waals surface area contributed by atoms with E-state index in [0.717, 1.165) is 19.3 Å². The normalized spacial score (nSPS) is 10.8. The van der Waals surface area contributed by atoms with Crippen LogP contribution in [0.3, 0.4) is 0 Å². The van der Waals surface area contributed by atoms with Gasteiger partial charge in [0.1, 0.15) is 5.75 Å². The van der Waals surface area contributed by atoms with Crippen LogP contribution in [0.5, 0.6) is 5.75 Å². The second-order valence-electron chi connectivity index (χ2n) is 8.48. The molecule has 1 aromatic rings. The molecule has 0 spiro atoms. The number of hydrogen-bond donors (Lipinski definition) is 2. The van der Waals surface area contributed by atoms with Gasteiger partial charge in [-0.2, -0.15) is 0 Å². The van der Waals surface area contributed by atoms with E-state index in [9.17, 15) is 14.7 Å². The molecule has 170 valence electrons. The number of benzene rings is 1. The summed E-state index contributed by atoms with van der Waals surface area (Å²) in [5.41, 5.74) is 0.383. The Morgan fingerprint density at radius 1 is 0.667 bits per heavy atom. The van der Waals surface area contributed by atoms with Gasteiger partial charge in [0.2, 0.25) is 5.91 Å². The molecule has 0 saturated heterocycles. The van der Waals surface area contributed by atoms with Gasteiger partial charge in [0.05, 0.1) is 0 Å². The number of rotatable bonds is 18. The molecular weight excluding hydrogens is 374 g/mol. The topological polar surface area (TPSA) is 66.4 Å². The Balaban J connectivity index is 1.85. The third-order valence-electron chi connectivity index (χ3n) is 5.64. The largest absolute Gasteiger partial charge is 0.508 e. The smallest absolute Gasteiger partial charge is 0.257 e. The van der Waals surface area contributed by atoms with Crippen molar-refractivity contribution < 1.29 is 14.7 Å². The van der Waals surface area contributed by atoms with Crippen molar-refractivity contribution in [3.63, 3.8) is 0 Å². The summed E-state index contributed by atoms with van der Waals surface area (Å²) in [4.78, 5) is 23.8. The van der Waals surface area contributed by atoms with Crippen LogP contribution < -0.4 is 5.32 Å². The lowest BCUT2D eigenvalue weighted by atomic mass is 10.0. The van der Waals surface area contributed by atoms with Gasteiger partial charge in [-0.05, 0) is 30.7 Å². The van der Waals surface area contributed by atoms with Crippen LogP contribution in [0, 0.1) is 0 Å². The van der Waals surface area contributed by atoms with Crippen molar-refractivity contribution >= 4 is 11.8 Å². The molecule has 0 aliphatic rings. The Bertz CT molecular complexity index is 568. The molecule has 0 fully saturated rings. The van der Waals surface area contributed by atoms with E-state index in [1.54, 1.807) is 0 Å². The fraction of sp³-hybridized carbons (Fsp3) is 0.692. The molecular formula is C26H43NO3. The number of phenols is 1. The van der Waals surface area contributed by atoms with E-state index in [4.69, 9.17) is 0 Å². The summed E-state index contributed by atoms with van der Waals surface area (Å²) in [5.74, 6) is -0.527. The monoisotopic (exact) mass is 417 g/mol. The van der Waals surface area contributed by atoms with E-state index in [0.29, 0.717) is 12.0 Å². The zero-order valence-electron chi connectivity index (χ0n) is 19.1. The number of carbonyl (C=O) groups is 2. The van der Waals surface area contributed by atoms with Crippen LogP contribution in [-0.4, -0.2) is 16.9 Å². The molecule has 30 heavy (non-hydrogen) atoms. The van der Waals surface area contributed by atoms with Crippen LogP contribution in [0.4, 0.5) is 0 Å². The van der Waals surface area contributed by atoms with Crippen molar-refractivity contribution in [1.29, 1.82) is 0 Å². The van der Waals surface area contributed by atoms with Gasteiger partial charge < -0.3 is 5.11 Å². The van der Waals surface area contributed by atoms with Crippen LogP contribution in [0.2, 0.25) is 0 Å². The molecule has 4 heteroatoms. The van der Waals surface area contributed by atoms with E-state index in [2.05, 4.69) is 12.2 Å². The molecule has 0 unspecified atom stereocenters. The molecule has 0 radical (unpaired) electrons. The van der Waals surface area contributed by atoms with Crippen molar-refractivity contribution in [3.8, 4) is 5.75 Å². The Labute approximate surface area is 183 Å². The summed E-state index contributed by atoms with van der Waals surface area (Å²) >= 11 is 0. The Morgan fingerprint density at radius 2 is 1.07 bits per heavy atom. The fourth-order valence-electron chi connectivity index (χ4n) is 3.71. The van der Waals surface area contributed by atoms with Crippen LogP contribution in [0.1, 0.15) is 126 Å². The highest BCUT2D eigenvalue weighted by Gasteiger charge is 2.09. The molecule has 1 rings (SSSR count). The van der Waals surface area contributed by atoms with E-state index < -0.39 is 5.91 Å². The van der Waals surface area contributed by atoms with Gasteiger partial charge in [0.25, 0.3) is 5.91 Å². The lowest BCUT2D eigenvalue weighted by Crippen LogP contribution is -2.30. The van der Waals surface area contributed by atoms with E-state index in [1.807, 2.05) is 0 Å². The first-order chi connectivity index (χ1) is 14.6. The molecule has 0 aliphatic carbocycles. The minimum Gasteiger partial charge on any atom is -0.508 e. The van der Waals surface area contributed by atoms with Crippen molar-refractivity contribution in [2.75, 3.05) is 0 Å². The molecule has 0 bridgehead atoms. The zero-order chi connectivity index (χ0) is 21.9. The van der Waals surface area contributed by atoms with E-state index in [-0.39, 0.29) is 11.7 Å². The molecule has 0 saturated carbocycles. The predicted molar refractivity (Wildman–Crippen MR) is 125 cm³/mol. The molecule has 0 heterocycles. The first kappa shape index (κ1) is 26.2. The second-order valence-corrected chi connectivity index (χ2v) is 8.48. The summed E-state index contributed by atoms with van der Waals surface area (Å²) in [6.45, 7) is 2.27. The summed E-state index contributed by atoms with van der Waals surface area (Å²) in [7, 11) is 0. The van der Waals surface area contributed by atoms with Crippen LogP contribution in [0.15, 0.2) is 24.3 Å². The van der Waals surface area contributed by atoms with Crippen molar-refractivity contribution in [3.05, 3.63) is 29.8 Å². The lowest BCUT2D eigenvalue weighted by Gasteiger charge is -2.05. The first-order valence-corrected chi connectivity index (χ1v) is 12.3. The van der Waals surface area contributed by atoms with E-state index in [1.165, 1.54) is 108 Å². The predicted octanol–water partition coefficient (Wildman–Crippen LogP) is 7.30. The van der Waals surface area contributed by atoms with Gasteiger partial charge in [-0.25, -0.2) is 0 Å². The summed E-state index contributed by atoms with van der Waals surface area (Å²) in [6.07, 6.45) is 21.2. The van der Waals surface area contributed by atoms with Gasteiger partial charge in [-0.1, -0.05) is 103 Å². The summed E-state index contributed by atoms with van der Waals surface area (Å²) in [6, 6.07) is 5.89. The number of hydrogen-bond acceptors (Lipinski definition) is 3. The standard InChI is InChI=1S/C26H43NO3/c1-2-3-4-5-6-7-8-9-10-11-12-13-14-15-16-17-18-25(29)27-26(30)23-19-21-24(28)22-20-23/h19-22,28H,2-18H2,1H3,(H,27,29,30). The van der Waals surface area contributed by atoms with Gasteiger partial charge in [0, 0.05) is 12.0 Å². The minimum absolute atomic E-state index is 0.103. The van der Waals surface area contributed by atoms with Gasteiger partial charge in [-0.3, -0.25) is 14.9 Å². The highest BCUT2D eigenvalue weighted by atomic mass is 16.3. The number of nitrogens with one attached hydrogen (secondary N) is 1. The average molecular weight is 418 g/mol. The third kappa shape index (κ3) is 14.2.